The van der Waals surface area contributed by atoms with Gasteiger partial charge in [-0.05, 0) is 33.4 Å². The normalized spacial score (nSPS) is 18.5. The number of benzene rings is 3. The van der Waals surface area contributed by atoms with Crippen LogP contribution in [0.25, 0.3) is 5.57 Å². The predicted octanol–water partition coefficient (Wildman–Crippen LogP) is 6.94. The largest absolute Gasteiger partial charge is 0.0747 e. The molecule has 2 aliphatic carbocycles. The molecule has 3 aromatic rings. The molecule has 28 heavy (non-hydrogen) atoms. The van der Waals surface area contributed by atoms with Gasteiger partial charge in [0.2, 0.25) is 0 Å². The Kier molecular flexibility index (Phi) is 3.77. The number of fused-ring (bicyclic) bond motifs is 2. The highest BCUT2D eigenvalue weighted by molar-refractivity contribution is 5.92. The molecule has 0 amide bonds. The first kappa shape index (κ1) is 17.0. The highest BCUT2D eigenvalue weighted by Crippen LogP contribution is 2.56. The van der Waals surface area contributed by atoms with Crippen molar-refractivity contribution in [2.24, 2.45) is 5.41 Å². The van der Waals surface area contributed by atoms with Gasteiger partial charge in [0.1, 0.15) is 0 Å². The van der Waals surface area contributed by atoms with Crippen LogP contribution < -0.4 is 0 Å². The van der Waals surface area contributed by atoms with E-state index in [0.717, 1.165) is 0 Å². The van der Waals surface area contributed by atoms with E-state index < -0.39 is 0 Å². The smallest absolute Gasteiger partial charge is 0.0713 e. The van der Waals surface area contributed by atoms with Crippen LogP contribution >= 0.6 is 0 Å². The van der Waals surface area contributed by atoms with E-state index in [4.69, 9.17) is 0 Å². The molecule has 0 spiro atoms. The second kappa shape index (κ2) is 6.21. The van der Waals surface area contributed by atoms with Crippen LogP contribution in [0.1, 0.15) is 36.1 Å². The van der Waals surface area contributed by atoms with Crippen LogP contribution in [-0.2, 0) is 5.41 Å². The van der Waals surface area contributed by atoms with Gasteiger partial charge in [0.25, 0.3) is 0 Å². The molecule has 2 aliphatic rings. The SMILES string of the molecule is CC1(C)C=CC2=C(C=C1)C(c1ccccc1)(c1ccccc1)c1ccccc12. The standard InChI is InChI=1S/C28H24/c1-27(2)19-17-24-23-15-9-10-16-25(23)28(26(24)18-20-27,21-11-5-3-6-12-21)22-13-7-4-8-14-22/h3-20H,1-2H3. The van der Waals surface area contributed by atoms with E-state index in [1.54, 1.807) is 0 Å². The molecule has 0 saturated heterocycles. The Morgan fingerprint density at radius 2 is 1.11 bits per heavy atom. The van der Waals surface area contributed by atoms with Gasteiger partial charge in [-0.3, -0.25) is 0 Å². The van der Waals surface area contributed by atoms with Crippen molar-refractivity contribution in [3.63, 3.8) is 0 Å². The minimum absolute atomic E-state index is 0.0401. The van der Waals surface area contributed by atoms with E-state index in [-0.39, 0.29) is 10.8 Å². The van der Waals surface area contributed by atoms with Crippen LogP contribution in [-0.4, -0.2) is 0 Å². The predicted molar refractivity (Wildman–Crippen MR) is 118 cm³/mol. The lowest BCUT2D eigenvalue weighted by atomic mass is 9.66. The topological polar surface area (TPSA) is 0 Å². The quantitative estimate of drug-likeness (QED) is 0.464. The lowest BCUT2D eigenvalue weighted by Gasteiger charge is -2.35. The molecule has 0 heterocycles. The maximum Gasteiger partial charge on any atom is 0.0713 e. The Bertz CT molecular complexity index is 1070. The fraction of sp³-hybridized carbons (Fsp3) is 0.143. The van der Waals surface area contributed by atoms with Crippen LogP contribution in [0.4, 0.5) is 0 Å². The number of hydrogen-bond donors (Lipinski definition) is 0. The first-order valence-corrected chi connectivity index (χ1v) is 9.97. The van der Waals surface area contributed by atoms with Crippen molar-refractivity contribution in [1.82, 2.24) is 0 Å². The molecule has 0 aromatic heterocycles. The molecule has 0 nitrogen and oxygen atoms in total. The molecule has 0 heteroatoms. The average Bonchev–Trinajstić information content (AvgIpc) is 2.92. The van der Waals surface area contributed by atoms with Crippen LogP contribution in [0.3, 0.4) is 0 Å². The average molecular weight is 361 g/mol. The molecule has 5 rings (SSSR count). The third-order valence-corrected chi connectivity index (χ3v) is 6.09. The summed E-state index contributed by atoms with van der Waals surface area (Å²) >= 11 is 0. The van der Waals surface area contributed by atoms with E-state index in [9.17, 15) is 0 Å². The first-order valence-electron chi connectivity index (χ1n) is 9.97. The van der Waals surface area contributed by atoms with Crippen molar-refractivity contribution in [3.8, 4) is 0 Å². The van der Waals surface area contributed by atoms with Gasteiger partial charge >= 0.3 is 0 Å². The van der Waals surface area contributed by atoms with Gasteiger partial charge in [-0.1, -0.05) is 123 Å². The summed E-state index contributed by atoms with van der Waals surface area (Å²) < 4.78 is 0. The molecule has 0 unspecified atom stereocenters. The van der Waals surface area contributed by atoms with Crippen molar-refractivity contribution < 1.29 is 0 Å². The van der Waals surface area contributed by atoms with E-state index >= 15 is 0 Å². The third-order valence-electron chi connectivity index (χ3n) is 6.09. The maximum atomic E-state index is 2.37. The summed E-state index contributed by atoms with van der Waals surface area (Å²) in [6.45, 7) is 4.53. The Morgan fingerprint density at radius 3 is 1.75 bits per heavy atom. The fourth-order valence-corrected chi connectivity index (χ4v) is 4.75. The Hall–Kier alpha value is -3.12. The van der Waals surface area contributed by atoms with E-state index in [0.29, 0.717) is 0 Å². The van der Waals surface area contributed by atoms with Crippen molar-refractivity contribution in [1.29, 1.82) is 0 Å². The van der Waals surface area contributed by atoms with Gasteiger partial charge in [-0.25, -0.2) is 0 Å². The highest BCUT2D eigenvalue weighted by Gasteiger charge is 2.46. The van der Waals surface area contributed by atoms with E-state index in [2.05, 4.69) is 123 Å². The van der Waals surface area contributed by atoms with Gasteiger partial charge in [-0.15, -0.1) is 0 Å². The molecule has 0 aliphatic heterocycles. The molecular formula is C28H24. The Labute approximate surface area is 167 Å². The summed E-state index contributed by atoms with van der Waals surface area (Å²) in [7, 11) is 0. The zero-order valence-corrected chi connectivity index (χ0v) is 16.4. The lowest BCUT2D eigenvalue weighted by molar-refractivity contribution is 0.625. The van der Waals surface area contributed by atoms with Gasteiger partial charge in [-0.2, -0.15) is 0 Å². The summed E-state index contributed by atoms with van der Waals surface area (Å²) in [5.41, 5.74) is 7.79. The highest BCUT2D eigenvalue weighted by atomic mass is 14.5. The van der Waals surface area contributed by atoms with Crippen LogP contribution in [0.15, 0.2) is 115 Å². The third kappa shape index (κ3) is 2.38. The number of hydrogen-bond acceptors (Lipinski definition) is 0. The minimum atomic E-state index is -0.296. The lowest BCUT2D eigenvalue weighted by Crippen LogP contribution is -2.29. The van der Waals surface area contributed by atoms with Gasteiger partial charge in [0.15, 0.2) is 0 Å². The summed E-state index contributed by atoms with van der Waals surface area (Å²) in [4.78, 5) is 0. The zero-order chi connectivity index (χ0) is 19.2. The summed E-state index contributed by atoms with van der Waals surface area (Å²) in [5, 5.41) is 0. The van der Waals surface area contributed by atoms with Gasteiger partial charge < -0.3 is 0 Å². The molecule has 0 fully saturated rings. The van der Waals surface area contributed by atoms with Crippen molar-refractivity contribution >= 4 is 5.57 Å². The molecule has 0 radical (unpaired) electrons. The number of allylic oxidation sites excluding steroid dienone is 6. The number of rotatable bonds is 2. The van der Waals surface area contributed by atoms with Crippen LogP contribution in [0, 0.1) is 5.41 Å². The fourth-order valence-electron chi connectivity index (χ4n) is 4.75. The summed E-state index contributed by atoms with van der Waals surface area (Å²) in [6, 6.07) is 30.8. The zero-order valence-electron chi connectivity index (χ0n) is 16.4. The molecule has 136 valence electrons. The maximum absolute atomic E-state index is 2.37. The molecular weight excluding hydrogens is 336 g/mol. The second-order valence-corrected chi connectivity index (χ2v) is 8.34. The van der Waals surface area contributed by atoms with E-state index in [1.807, 2.05) is 0 Å². The molecule has 3 aromatic carbocycles. The van der Waals surface area contributed by atoms with Crippen molar-refractivity contribution in [2.75, 3.05) is 0 Å². The van der Waals surface area contributed by atoms with Crippen LogP contribution in [0.2, 0.25) is 0 Å². The van der Waals surface area contributed by atoms with Crippen LogP contribution in [0.5, 0.6) is 0 Å². The van der Waals surface area contributed by atoms with Crippen molar-refractivity contribution in [2.45, 2.75) is 19.3 Å². The Balaban J connectivity index is 1.94. The van der Waals surface area contributed by atoms with E-state index in [1.165, 1.54) is 33.4 Å². The minimum Gasteiger partial charge on any atom is -0.0747 e. The second-order valence-electron chi connectivity index (χ2n) is 8.34. The first-order chi connectivity index (χ1) is 13.6. The molecule has 0 N–H and O–H groups in total. The summed E-state index contributed by atoms with van der Waals surface area (Å²) in [5.74, 6) is 0. The summed E-state index contributed by atoms with van der Waals surface area (Å²) in [6.07, 6.45) is 9.38. The van der Waals surface area contributed by atoms with Crippen molar-refractivity contribution in [3.05, 3.63) is 137 Å². The van der Waals surface area contributed by atoms with Gasteiger partial charge in [0.05, 0.1) is 5.41 Å². The molecule has 0 saturated carbocycles. The monoisotopic (exact) mass is 360 g/mol. The van der Waals surface area contributed by atoms with Gasteiger partial charge in [0, 0.05) is 5.41 Å². The molecule has 0 bridgehead atoms. The Morgan fingerprint density at radius 1 is 0.571 bits per heavy atom. The molecule has 0 atom stereocenters.